The summed E-state index contributed by atoms with van der Waals surface area (Å²) in [5.74, 6) is 0.588. The Labute approximate surface area is 164 Å². The first-order valence-electron chi connectivity index (χ1n) is 9.26. The quantitative estimate of drug-likeness (QED) is 0.600. The van der Waals surface area contributed by atoms with E-state index in [1.54, 1.807) is 6.07 Å². The van der Waals surface area contributed by atoms with E-state index in [1.165, 1.54) is 12.3 Å². The molecule has 1 aliphatic heterocycles. The molecule has 0 amide bonds. The van der Waals surface area contributed by atoms with Crippen LogP contribution in [0.4, 0.5) is 36.3 Å². The van der Waals surface area contributed by atoms with E-state index >= 15 is 0 Å². The molecule has 1 aromatic carbocycles. The van der Waals surface area contributed by atoms with Crippen LogP contribution in [0.25, 0.3) is 0 Å². The molecule has 0 unspecified atom stereocenters. The number of nitrogens with zero attached hydrogens (tertiary/aromatic N) is 5. The fourth-order valence-corrected chi connectivity index (χ4v) is 3.22. The molecule has 1 saturated heterocycles. The number of hydrogen-bond donors (Lipinski definition) is 1. The average molecular weight is 408 g/mol. The predicted octanol–water partition coefficient (Wildman–Crippen LogP) is 3.30. The number of aromatic nitrogens is 2. The van der Waals surface area contributed by atoms with Crippen molar-refractivity contribution in [1.29, 1.82) is 0 Å². The van der Waals surface area contributed by atoms with E-state index < -0.39 is 16.7 Å². The molecule has 1 N–H and O–H groups in total. The fourth-order valence-electron chi connectivity index (χ4n) is 3.22. The fraction of sp³-hybridized carbons (Fsp3) is 0.444. The van der Waals surface area contributed by atoms with E-state index in [2.05, 4.69) is 15.3 Å². The van der Waals surface area contributed by atoms with Gasteiger partial charge in [-0.15, -0.1) is 0 Å². The highest BCUT2D eigenvalue weighted by molar-refractivity contribution is 5.59. The largest absolute Gasteiger partial charge is 0.416 e. The highest BCUT2D eigenvalue weighted by Gasteiger charge is 2.31. The summed E-state index contributed by atoms with van der Waals surface area (Å²) in [7, 11) is 0. The van der Waals surface area contributed by atoms with Gasteiger partial charge in [-0.1, -0.05) is 6.07 Å². The molecule has 2 fully saturated rings. The molecule has 1 saturated carbocycles. The van der Waals surface area contributed by atoms with Gasteiger partial charge in [-0.05, 0) is 31.0 Å². The minimum Gasteiger partial charge on any atom is -0.368 e. The van der Waals surface area contributed by atoms with Crippen LogP contribution < -0.4 is 15.1 Å². The molecule has 154 valence electrons. The second-order valence-electron chi connectivity index (χ2n) is 7.10. The van der Waals surface area contributed by atoms with Crippen LogP contribution in [-0.4, -0.2) is 47.1 Å². The van der Waals surface area contributed by atoms with Crippen molar-refractivity contribution in [2.24, 2.45) is 0 Å². The number of benzene rings is 1. The lowest BCUT2D eigenvalue weighted by Crippen LogP contribution is -2.47. The number of hydrogen-bond acceptors (Lipinski definition) is 7. The molecule has 4 rings (SSSR count). The molecule has 1 aliphatic carbocycles. The zero-order valence-electron chi connectivity index (χ0n) is 15.4. The molecule has 0 atom stereocenters. The van der Waals surface area contributed by atoms with Crippen molar-refractivity contribution in [3.8, 4) is 0 Å². The first kappa shape index (κ1) is 19.2. The van der Waals surface area contributed by atoms with Gasteiger partial charge in [0, 0.05) is 37.9 Å². The van der Waals surface area contributed by atoms with Crippen molar-refractivity contribution in [2.75, 3.05) is 41.3 Å². The SMILES string of the molecule is O=[N+]([O-])c1cnc(N2CCN(c3cccc(C(F)(F)F)c3)CC2)nc1NC1CC1. The summed E-state index contributed by atoms with van der Waals surface area (Å²) in [6.45, 7) is 1.98. The normalized spacial score (nSPS) is 17.3. The Morgan fingerprint density at radius 3 is 2.45 bits per heavy atom. The van der Waals surface area contributed by atoms with Crippen molar-refractivity contribution in [3.63, 3.8) is 0 Å². The predicted molar refractivity (Wildman–Crippen MR) is 101 cm³/mol. The van der Waals surface area contributed by atoms with Gasteiger partial charge in [-0.2, -0.15) is 18.2 Å². The smallest absolute Gasteiger partial charge is 0.368 e. The van der Waals surface area contributed by atoms with Gasteiger partial charge in [0.15, 0.2) is 0 Å². The number of halogens is 3. The number of alkyl halides is 3. The molecule has 29 heavy (non-hydrogen) atoms. The van der Waals surface area contributed by atoms with E-state index in [-0.39, 0.29) is 17.5 Å². The van der Waals surface area contributed by atoms with Gasteiger partial charge in [0.2, 0.25) is 11.8 Å². The number of nitrogens with one attached hydrogen (secondary N) is 1. The van der Waals surface area contributed by atoms with Gasteiger partial charge in [-0.25, -0.2) is 4.98 Å². The van der Waals surface area contributed by atoms with Gasteiger partial charge in [0.1, 0.15) is 6.20 Å². The van der Waals surface area contributed by atoms with Crippen molar-refractivity contribution in [2.45, 2.75) is 25.1 Å². The summed E-state index contributed by atoms with van der Waals surface area (Å²) in [6.07, 6.45) is -1.28. The molecule has 1 aromatic heterocycles. The molecule has 2 aliphatic rings. The molecule has 0 radical (unpaired) electrons. The van der Waals surface area contributed by atoms with E-state index in [4.69, 9.17) is 0 Å². The molecular weight excluding hydrogens is 389 g/mol. The lowest BCUT2D eigenvalue weighted by atomic mass is 10.1. The Bertz CT molecular complexity index is 911. The Hall–Kier alpha value is -3.11. The van der Waals surface area contributed by atoms with E-state index in [0.717, 1.165) is 25.0 Å². The summed E-state index contributed by atoms with van der Waals surface area (Å²) < 4.78 is 38.8. The van der Waals surface area contributed by atoms with Crippen LogP contribution in [0.5, 0.6) is 0 Å². The maximum atomic E-state index is 12.9. The highest BCUT2D eigenvalue weighted by Crippen LogP contribution is 2.33. The molecule has 2 heterocycles. The first-order chi connectivity index (χ1) is 13.8. The second kappa shape index (κ2) is 7.37. The summed E-state index contributed by atoms with van der Waals surface area (Å²) in [5, 5.41) is 14.3. The monoisotopic (exact) mass is 408 g/mol. The zero-order valence-corrected chi connectivity index (χ0v) is 15.4. The van der Waals surface area contributed by atoms with E-state index in [9.17, 15) is 23.3 Å². The number of piperazine rings is 1. The van der Waals surface area contributed by atoms with Crippen molar-refractivity contribution < 1.29 is 18.1 Å². The lowest BCUT2D eigenvalue weighted by molar-refractivity contribution is -0.384. The van der Waals surface area contributed by atoms with Crippen LogP contribution >= 0.6 is 0 Å². The summed E-state index contributed by atoms with van der Waals surface area (Å²) >= 11 is 0. The van der Waals surface area contributed by atoms with Crippen molar-refractivity contribution in [3.05, 3.63) is 46.1 Å². The van der Waals surface area contributed by atoms with Crippen LogP contribution in [0.1, 0.15) is 18.4 Å². The summed E-state index contributed by atoms with van der Waals surface area (Å²) in [5.41, 5.74) is -0.324. The maximum Gasteiger partial charge on any atom is 0.416 e. The zero-order chi connectivity index (χ0) is 20.6. The van der Waals surface area contributed by atoms with Gasteiger partial charge >= 0.3 is 11.9 Å². The Morgan fingerprint density at radius 2 is 1.83 bits per heavy atom. The number of rotatable bonds is 5. The van der Waals surface area contributed by atoms with Crippen molar-refractivity contribution >= 4 is 23.1 Å². The van der Waals surface area contributed by atoms with Crippen LogP contribution in [0.2, 0.25) is 0 Å². The molecule has 0 bridgehead atoms. The Kier molecular flexibility index (Phi) is 4.89. The highest BCUT2D eigenvalue weighted by atomic mass is 19.4. The van der Waals surface area contributed by atoms with Crippen LogP contribution in [0, 0.1) is 10.1 Å². The third-order valence-corrected chi connectivity index (χ3v) is 4.97. The Morgan fingerprint density at radius 1 is 1.14 bits per heavy atom. The minimum absolute atomic E-state index is 0.164. The van der Waals surface area contributed by atoms with Gasteiger partial charge in [-0.3, -0.25) is 10.1 Å². The lowest BCUT2D eigenvalue weighted by Gasteiger charge is -2.36. The van der Waals surface area contributed by atoms with Crippen LogP contribution in [0.3, 0.4) is 0 Å². The molecule has 0 spiro atoms. The third kappa shape index (κ3) is 4.33. The number of anilines is 3. The van der Waals surface area contributed by atoms with Crippen molar-refractivity contribution in [1.82, 2.24) is 9.97 Å². The summed E-state index contributed by atoms with van der Waals surface area (Å²) in [6, 6.07) is 5.47. The van der Waals surface area contributed by atoms with Gasteiger partial charge < -0.3 is 15.1 Å². The average Bonchev–Trinajstić information content (AvgIpc) is 3.51. The minimum atomic E-state index is -4.38. The van der Waals surface area contributed by atoms with Gasteiger partial charge in [0.25, 0.3) is 0 Å². The molecule has 8 nitrogen and oxygen atoms in total. The topological polar surface area (TPSA) is 87.4 Å². The molecular formula is C18H19F3N6O2. The standard InChI is InChI=1S/C18H19F3N6O2/c19-18(20,21)12-2-1-3-14(10-12)25-6-8-26(9-7-25)17-22-11-15(27(28)29)16(24-17)23-13-4-5-13/h1-3,10-11,13H,4-9H2,(H,22,23,24). The third-order valence-electron chi connectivity index (χ3n) is 4.97. The van der Waals surface area contributed by atoms with E-state index in [0.29, 0.717) is 37.8 Å². The molecule has 11 heteroatoms. The maximum absolute atomic E-state index is 12.9. The van der Waals surface area contributed by atoms with E-state index in [1.807, 2.05) is 9.80 Å². The van der Waals surface area contributed by atoms with Crippen LogP contribution in [0.15, 0.2) is 30.5 Å². The summed E-state index contributed by atoms with van der Waals surface area (Å²) in [4.78, 5) is 22.9. The van der Waals surface area contributed by atoms with Crippen LogP contribution in [-0.2, 0) is 6.18 Å². The first-order valence-corrected chi connectivity index (χ1v) is 9.26. The Balaban J connectivity index is 1.46. The second-order valence-corrected chi connectivity index (χ2v) is 7.10. The number of nitro groups is 1. The molecule has 2 aromatic rings. The van der Waals surface area contributed by atoms with Gasteiger partial charge in [0.05, 0.1) is 10.5 Å².